The van der Waals surface area contributed by atoms with Crippen LogP contribution in [0.3, 0.4) is 0 Å². The maximum atomic E-state index is 6.71. The predicted octanol–water partition coefficient (Wildman–Crippen LogP) is 9.02. The molecule has 0 fully saturated rings. The summed E-state index contributed by atoms with van der Waals surface area (Å²) < 4.78 is 14.3. The van der Waals surface area contributed by atoms with Gasteiger partial charge in [-0.25, -0.2) is 0 Å². The van der Waals surface area contributed by atoms with Crippen molar-refractivity contribution in [2.24, 2.45) is 0 Å². The predicted molar refractivity (Wildman–Crippen MR) is 125 cm³/mol. The number of hydrogen-bond acceptors (Lipinski definition) is 7. The summed E-state index contributed by atoms with van der Waals surface area (Å²) in [6, 6.07) is 7.73. The summed E-state index contributed by atoms with van der Waals surface area (Å²) in [6.07, 6.45) is 0. The Labute approximate surface area is 186 Å². The van der Waals surface area contributed by atoms with Gasteiger partial charge < -0.3 is 15.2 Å². The van der Waals surface area contributed by atoms with Crippen LogP contribution in [0, 0.1) is 6.92 Å². The smallest absolute Gasteiger partial charge is 0.181 e. The first-order chi connectivity index (χ1) is 13.5. The van der Waals surface area contributed by atoms with E-state index in [2.05, 4.69) is 0 Å². The third-order valence-corrected chi connectivity index (χ3v) is 8.85. The minimum atomic E-state index is 0.478. The van der Waals surface area contributed by atoms with Gasteiger partial charge in [-0.2, -0.15) is 0 Å². The maximum Gasteiger partial charge on any atom is 0.181 e. The van der Waals surface area contributed by atoms with Gasteiger partial charge in [0.1, 0.15) is 5.00 Å². The number of ether oxygens (including phenoxy) is 2. The summed E-state index contributed by atoms with van der Waals surface area (Å²) >= 11 is 19.3. The van der Waals surface area contributed by atoms with E-state index in [-0.39, 0.29) is 0 Å². The molecule has 0 spiro atoms. The van der Waals surface area contributed by atoms with E-state index in [1.165, 1.54) is 34.0 Å². The molecule has 0 atom stereocenters. The molecule has 28 heavy (non-hydrogen) atoms. The lowest BCUT2D eigenvalue weighted by atomic mass is 10.1. The van der Waals surface area contributed by atoms with Crippen molar-refractivity contribution < 1.29 is 9.47 Å². The van der Waals surface area contributed by atoms with Crippen molar-refractivity contribution in [1.29, 1.82) is 0 Å². The van der Waals surface area contributed by atoms with Crippen molar-refractivity contribution in [2.75, 3.05) is 5.73 Å². The van der Waals surface area contributed by atoms with E-state index in [0.717, 1.165) is 35.2 Å². The Morgan fingerprint density at radius 3 is 1.89 bits per heavy atom. The fraction of sp³-hybridized carbons (Fsp3) is 0.0526. The minimum Gasteiger partial charge on any atom is -0.444 e. The molecule has 0 aliphatic heterocycles. The second kappa shape index (κ2) is 7.09. The summed E-state index contributed by atoms with van der Waals surface area (Å²) in [5.41, 5.74) is 6.19. The van der Waals surface area contributed by atoms with Gasteiger partial charge in [0.25, 0.3) is 0 Å². The van der Waals surface area contributed by atoms with E-state index in [1.54, 1.807) is 11.3 Å². The molecule has 0 radical (unpaired) electrons. The summed E-state index contributed by atoms with van der Waals surface area (Å²) in [4.78, 5) is 0.991. The topological polar surface area (TPSA) is 44.5 Å². The van der Waals surface area contributed by atoms with E-state index in [9.17, 15) is 0 Å². The van der Waals surface area contributed by atoms with Crippen LogP contribution in [-0.2, 0) is 0 Å². The zero-order valence-corrected chi connectivity index (χ0v) is 19.0. The Morgan fingerprint density at radius 2 is 1.36 bits per heavy atom. The Kier molecular flexibility index (Phi) is 4.70. The van der Waals surface area contributed by atoms with Gasteiger partial charge >= 0.3 is 0 Å². The number of thiophene rings is 4. The van der Waals surface area contributed by atoms with Gasteiger partial charge in [-0.15, -0.1) is 45.3 Å². The Morgan fingerprint density at radius 1 is 0.821 bits per heavy atom. The molecule has 142 valence electrons. The molecule has 0 saturated carbocycles. The highest BCUT2D eigenvalue weighted by Crippen LogP contribution is 2.57. The minimum absolute atomic E-state index is 0.478. The number of fused-ring (bicyclic) bond motifs is 2. The average molecular weight is 484 g/mol. The zero-order valence-electron chi connectivity index (χ0n) is 14.2. The molecule has 0 amide bonds. The number of anilines is 1. The zero-order chi connectivity index (χ0) is 19.4. The standard InChI is InChI=1S/C19H11Cl2NO2S4/c1-8-13(20)11-15(23-9-4-2-6-25-9)18-12(14(21)19(22)28-18)16(17(11)27-8)24-10-5-3-7-26-10/h2-7H,22H2,1H3. The Balaban J connectivity index is 1.89. The highest BCUT2D eigenvalue weighted by Gasteiger charge is 2.27. The van der Waals surface area contributed by atoms with Crippen LogP contribution in [0.15, 0.2) is 35.0 Å². The van der Waals surface area contributed by atoms with Crippen molar-refractivity contribution in [2.45, 2.75) is 6.92 Å². The highest BCUT2D eigenvalue weighted by atomic mass is 35.5. The molecule has 5 rings (SSSR count). The van der Waals surface area contributed by atoms with E-state index in [0.29, 0.717) is 26.5 Å². The fourth-order valence-electron chi connectivity index (χ4n) is 2.94. The van der Waals surface area contributed by atoms with Crippen LogP contribution in [0.2, 0.25) is 10.0 Å². The van der Waals surface area contributed by atoms with Crippen molar-refractivity contribution in [3.8, 4) is 21.6 Å². The van der Waals surface area contributed by atoms with Crippen LogP contribution >= 0.6 is 68.5 Å². The Hall–Kier alpha value is -1.48. The van der Waals surface area contributed by atoms with Crippen molar-refractivity contribution in [1.82, 2.24) is 0 Å². The summed E-state index contributed by atoms with van der Waals surface area (Å²) in [6.45, 7) is 1.99. The first-order valence-electron chi connectivity index (χ1n) is 8.09. The van der Waals surface area contributed by atoms with Crippen LogP contribution in [-0.4, -0.2) is 0 Å². The highest BCUT2D eigenvalue weighted by molar-refractivity contribution is 7.25. The molecule has 0 unspecified atom stereocenters. The van der Waals surface area contributed by atoms with E-state index in [1.807, 2.05) is 41.9 Å². The number of aryl methyl sites for hydroxylation is 1. The third-order valence-electron chi connectivity index (χ3n) is 4.15. The molecule has 1 aromatic carbocycles. The number of rotatable bonds is 4. The van der Waals surface area contributed by atoms with E-state index in [4.69, 9.17) is 38.4 Å². The molecular weight excluding hydrogens is 473 g/mol. The molecule has 2 N–H and O–H groups in total. The lowest BCUT2D eigenvalue weighted by molar-refractivity contribution is 0.501. The lowest BCUT2D eigenvalue weighted by Crippen LogP contribution is -1.88. The summed E-state index contributed by atoms with van der Waals surface area (Å²) in [5, 5.41) is 8.73. The van der Waals surface area contributed by atoms with Gasteiger partial charge in [-0.05, 0) is 41.9 Å². The normalized spacial score (nSPS) is 11.5. The second-order valence-electron chi connectivity index (χ2n) is 5.89. The average Bonchev–Trinajstić information content (AvgIpc) is 3.44. The maximum absolute atomic E-state index is 6.71. The van der Waals surface area contributed by atoms with Gasteiger partial charge in [0.15, 0.2) is 21.6 Å². The molecule has 0 aliphatic rings. The quantitative estimate of drug-likeness (QED) is 0.277. The van der Waals surface area contributed by atoms with Gasteiger partial charge in [0, 0.05) is 4.88 Å². The molecular formula is C19H11Cl2NO2S4. The van der Waals surface area contributed by atoms with Crippen molar-refractivity contribution in [3.05, 3.63) is 49.9 Å². The molecule has 4 aromatic heterocycles. The molecule has 0 saturated heterocycles. The molecule has 9 heteroatoms. The van der Waals surface area contributed by atoms with Crippen LogP contribution in [0.25, 0.3) is 20.2 Å². The number of hydrogen-bond donors (Lipinski definition) is 1. The Bertz CT molecular complexity index is 1200. The first kappa shape index (κ1) is 18.5. The SMILES string of the molecule is Cc1sc2c(Oc3cccs3)c3c(Cl)c(N)sc3c(Oc3cccs3)c2c1Cl. The molecule has 3 nitrogen and oxygen atoms in total. The largest absolute Gasteiger partial charge is 0.444 e. The van der Waals surface area contributed by atoms with Crippen LogP contribution < -0.4 is 15.2 Å². The number of nitrogens with two attached hydrogens (primary N) is 1. The lowest BCUT2D eigenvalue weighted by Gasteiger charge is -2.12. The number of benzene rings is 1. The first-order valence-corrected chi connectivity index (χ1v) is 12.2. The number of halogens is 2. The second-order valence-corrected chi connectivity index (χ2v) is 10.7. The van der Waals surface area contributed by atoms with Gasteiger partial charge in [0.05, 0.1) is 30.2 Å². The van der Waals surface area contributed by atoms with E-state index >= 15 is 0 Å². The van der Waals surface area contributed by atoms with Crippen molar-refractivity contribution in [3.63, 3.8) is 0 Å². The molecule has 0 bridgehead atoms. The fourth-order valence-corrected chi connectivity index (χ4v) is 6.78. The van der Waals surface area contributed by atoms with Gasteiger partial charge in [-0.3, -0.25) is 0 Å². The van der Waals surface area contributed by atoms with Gasteiger partial charge in [0.2, 0.25) is 0 Å². The van der Waals surface area contributed by atoms with E-state index < -0.39 is 0 Å². The summed E-state index contributed by atoms with van der Waals surface area (Å²) in [5.74, 6) is 1.34. The van der Waals surface area contributed by atoms with Crippen molar-refractivity contribution >= 4 is 93.7 Å². The monoisotopic (exact) mass is 483 g/mol. The number of nitrogen functional groups attached to an aromatic ring is 1. The molecule has 0 aliphatic carbocycles. The van der Waals surface area contributed by atoms with Crippen LogP contribution in [0.1, 0.15) is 4.88 Å². The van der Waals surface area contributed by atoms with Gasteiger partial charge in [-0.1, -0.05) is 23.2 Å². The third kappa shape index (κ3) is 2.89. The molecule has 4 heterocycles. The molecule has 5 aromatic rings. The summed E-state index contributed by atoms with van der Waals surface area (Å²) in [7, 11) is 0. The van der Waals surface area contributed by atoms with Crippen LogP contribution in [0.4, 0.5) is 5.00 Å². The van der Waals surface area contributed by atoms with Crippen LogP contribution in [0.5, 0.6) is 21.6 Å².